The van der Waals surface area contributed by atoms with E-state index in [1.807, 2.05) is 18.0 Å². The van der Waals surface area contributed by atoms with Crippen molar-refractivity contribution >= 4 is 23.7 Å². The molecule has 0 aromatic carbocycles. The molecule has 1 aromatic heterocycles. The molecule has 0 aliphatic carbocycles. The van der Waals surface area contributed by atoms with E-state index in [0.717, 1.165) is 17.2 Å². The van der Waals surface area contributed by atoms with Crippen LogP contribution in [0.5, 0.6) is 0 Å². The Kier molecular flexibility index (Phi) is 3.61. The lowest BCUT2D eigenvalue weighted by Crippen LogP contribution is -2.08. The summed E-state index contributed by atoms with van der Waals surface area (Å²) in [5.74, 6) is 1.77. The van der Waals surface area contributed by atoms with E-state index in [9.17, 15) is 4.79 Å². The van der Waals surface area contributed by atoms with Crippen LogP contribution in [-0.4, -0.2) is 27.6 Å². The molecule has 0 saturated heterocycles. The summed E-state index contributed by atoms with van der Waals surface area (Å²) in [5.41, 5.74) is 2.31. The molecule has 2 rings (SSSR count). The van der Waals surface area contributed by atoms with Crippen molar-refractivity contribution in [2.75, 3.05) is 11.9 Å². The third-order valence-corrected chi connectivity index (χ3v) is 3.29. The molecule has 1 aromatic rings. The summed E-state index contributed by atoms with van der Waals surface area (Å²) >= 11 is 1.84. The van der Waals surface area contributed by atoms with Crippen LogP contribution in [0.3, 0.4) is 0 Å². The number of nitrogens with one attached hydrogen (secondary N) is 1. The lowest BCUT2D eigenvalue weighted by molar-refractivity contribution is -0.137. The minimum atomic E-state index is -0.770. The molecule has 1 aliphatic heterocycles. The van der Waals surface area contributed by atoms with Gasteiger partial charge in [-0.05, 0) is 6.42 Å². The maximum absolute atomic E-state index is 10.3. The average Bonchev–Trinajstić information content (AvgIpc) is 2.71. The molecule has 2 N–H and O–H groups in total. The van der Waals surface area contributed by atoms with Crippen LogP contribution in [0, 0.1) is 0 Å². The summed E-state index contributed by atoms with van der Waals surface area (Å²) in [6, 6.07) is 0. The first-order chi connectivity index (χ1) is 7.75. The second-order valence-corrected chi connectivity index (χ2v) is 4.57. The fourth-order valence-electron chi connectivity index (χ4n) is 1.47. The molecule has 0 amide bonds. The summed E-state index contributed by atoms with van der Waals surface area (Å²) in [5, 5.41) is 11.5. The van der Waals surface area contributed by atoms with Gasteiger partial charge in [0.15, 0.2) is 0 Å². The van der Waals surface area contributed by atoms with Crippen LogP contribution in [0.15, 0.2) is 6.20 Å². The largest absolute Gasteiger partial charge is 0.481 e. The highest BCUT2D eigenvalue weighted by atomic mass is 32.2. The van der Waals surface area contributed by atoms with Crippen LogP contribution in [0.25, 0.3) is 0 Å². The molecule has 16 heavy (non-hydrogen) atoms. The first kappa shape index (κ1) is 11.2. The minimum absolute atomic E-state index is 0.174. The summed E-state index contributed by atoms with van der Waals surface area (Å²) in [6.07, 6.45) is 2.61. The zero-order valence-corrected chi connectivity index (χ0v) is 9.59. The summed E-state index contributed by atoms with van der Waals surface area (Å²) < 4.78 is 0. The highest BCUT2D eigenvalue weighted by molar-refractivity contribution is 7.98. The first-order valence-electron chi connectivity index (χ1n) is 5.14. The van der Waals surface area contributed by atoms with Gasteiger partial charge in [-0.1, -0.05) is 0 Å². The molecule has 0 atom stereocenters. The van der Waals surface area contributed by atoms with Gasteiger partial charge in [0.2, 0.25) is 5.95 Å². The summed E-state index contributed by atoms with van der Waals surface area (Å²) in [7, 11) is 0. The maximum Gasteiger partial charge on any atom is 0.303 e. The Morgan fingerprint density at radius 1 is 1.56 bits per heavy atom. The fourth-order valence-corrected chi connectivity index (χ4v) is 2.48. The van der Waals surface area contributed by atoms with Crippen molar-refractivity contribution in [3.05, 3.63) is 17.5 Å². The van der Waals surface area contributed by atoms with E-state index in [-0.39, 0.29) is 6.42 Å². The normalized spacial score (nSPS) is 13.5. The topological polar surface area (TPSA) is 75.1 Å². The van der Waals surface area contributed by atoms with Gasteiger partial charge in [0.1, 0.15) is 0 Å². The number of carbonyl (C=O) groups is 1. The number of rotatable bonds is 5. The Balaban J connectivity index is 1.83. The second-order valence-electron chi connectivity index (χ2n) is 3.58. The Morgan fingerprint density at radius 2 is 2.44 bits per heavy atom. The lowest BCUT2D eigenvalue weighted by atomic mass is 10.3. The number of aliphatic carboxylic acids is 1. The highest BCUT2D eigenvalue weighted by Gasteiger charge is 2.13. The Labute approximate surface area is 97.7 Å². The van der Waals surface area contributed by atoms with Crippen molar-refractivity contribution in [3.8, 4) is 0 Å². The molecule has 2 heterocycles. The number of aromatic nitrogens is 2. The molecule has 0 bridgehead atoms. The molecular weight excluding hydrogens is 226 g/mol. The molecule has 0 unspecified atom stereocenters. The van der Waals surface area contributed by atoms with Crippen molar-refractivity contribution in [2.45, 2.75) is 24.3 Å². The lowest BCUT2D eigenvalue weighted by Gasteiger charge is -2.04. The Hall–Kier alpha value is -1.30. The van der Waals surface area contributed by atoms with Gasteiger partial charge in [-0.2, -0.15) is 11.8 Å². The molecule has 6 heteroatoms. The van der Waals surface area contributed by atoms with E-state index in [1.54, 1.807) is 0 Å². The first-order valence-corrected chi connectivity index (χ1v) is 6.29. The van der Waals surface area contributed by atoms with Crippen molar-refractivity contribution < 1.29 is 9.90 Å². The molecule has 0 spiro atoms. The van der Waals surface area contributed by atoms with Crippen molar-refractivity contribution in [3.63, 3.8) is 0 Å². The SMILES string of the molecule is O=C(O)CCCNc1ncc2c(n1)CSC2. The Bertz CT molecular complexity index is 398. The van der Waals surface area contributed by atoms with E-state index in [4.69, 9.17) is 5.11 Å². The number of carboxylic acids is 1. The van der Waals surface area contributed by atoms with Crippen LogP contribution in [0.4, 0.5) is 5.95 Å². The van der Waals surface area contributed by atoms with Gasteiger partial charge in [0, 0.05) is 36.2 Å². The molecular formula is C10H13N3O2S. The molecule has 0 fully saturated rings. The third-order valence-electron chi connectivity index (χ3n) is 2.30. The van der Waals surface area contributed by atoms with Gasteiger partial charge in [0.25, 0.3) is 0 Å². The van der Waals surface area contributed by atoms with Crippen LogP contribution in [-0.2, 0) is 16.3 Å². The minimum Gasteiger partial charge on any atom is -0.481 e. The number of anilines is 1. The van der Waals surface area contributed by atoms with E-state index in [1.165, 1.54) is 5.56 Å². The van der Waals surface area contributed by atoms with Crippen LogP contribution >= 0.6 is 11.8 Å². The van der Waals surface area contributed by atoms with Crippen molar-refractivity contribution in [2.24, 2.45) is 0 Å². The van der Waals surface area contributed by atoms with E-state index in [2.05, 4.69) is 15.3 Å². The van der Waals surface area contributed by atoms with Crippen LogP contribution in [0.2, 0.25) is 0 Å². The number of hydrogen-bond acceptors (Lipinski definition) is 5. The number of thioether (sulfide) groups is 1. The van der Waals surface area contributed by atoms with E-state index in [0.29, 0.717) is 18.9 Å². The van der Waals surface area contributed by atoms with Gasteiger partial charge in [0.05, 0.1) is 5.69 Å². The smallest absolute Gasteiger partial charge is 0.303 e. The third kappa shape index (κ3) is 2.85. The van der Waals surface area contributed by atoms with Crippen LogP contribution in [0.1, 0.15) is 24.1 Å². The number of nitrogens with zero attached hydrogens (tertiary/aromatic N) is 2. The Morgan fingerprint density at radius 3 is 3.25 bits per heavy atom. The molecule has 0 radical (unpaired) electrons. The summed E-state index contributed by atoms with van der Waals surface area (Å²) in [6.45, 7) is 0.595. The van der Waals surface area contributed by atoms with Gasteiger partial charge in [-0.15, -0.1) is 0 Å². The van der Waals surface area contributed by atoms with Crippen molar-refractivity contribution in [1.82, 2.24) is 9.97 Å². The summed E-state index contributed by atoms with van der Waals surface area (Å²) in [4.78, 5) is 18.9. The predicted octanol–water partition coefficient (Wildman–Crippen LogP) is 1.50. The van der Waals surface area contributed by atoms with Gasteiger partial charge in [-0.3, -0.25) is 4.79 Å². The second kappa shape index (κ2) is 5.16. The standard InChI is InChI=1S/C10H13N3O2S/c14-9(15)2-1-3-11-10-12-4-7-5-16-6-8(7)13-10/h4H,1-3,5-6H2,(H,14,15)(H,11,12,13). The van der Waals surface area contributed by atoms with Crippen LogP contribution < -0.4 is 5.32 Å². The number of carboxylic acid groups (broad SMARTS) is 1. The molecule has 5 nitrogen and oxygen atoms in total. The quantitative estimate of drug-likeness (QED) is 0.758. The number of fused-ring (bicyclic) bond motifs is 1. The molecule has 1 aliphatic rings. The maximum atomic E-state index is 10.3. The van der Waals surface area contributed by atoms with Gasteiger partial charge in [-0.25, -0.2) is 9.97 Å². The van der Waals surface area contributed by atoms with Gasteiger partial charge < -0.3 is 10.4 Å². The predicted molar refractivity (Wildman–Crippen MR) is 62.4 cm³/mol. The van der Waals surface area contributed by atoms with E-state index < -0.39 is 5.97 Å². The fraction of sp³-hybridized carbons (Fsp3) is 0.500. The van der Waals surface area contributed by atoms with Gasteiger partial charge >= 0.3 is 5.97 Å². The zero-order chi connectivity index (χ0) is 11.4. The van der Waals surface area contributed by atoms with Crippen molar-refractivity contribution in [1.29, 1.82) is 0 Å². The molecule has 86 valence electrons. The molecule has 0 saturated carbocycles. The monoisotopic (exact) mass is 239 g/mol. The zero-order valence-electron chi connectivity index (χ0n) is 8.77. The number of hydrogen-bond donors (Lipinski definition) is 2. The average molecular weight is 239 g/mol. The van der Waals surface area contributed by atoms with E-state index >= 15 is 0 Å². The highest BCUT2D eigenvalue weighted by Crippen LogP contribution is 2.27.